The van der Waals surface area contributed by atoms with Crippen molar-refractivity contribution in [3.63, 3.8) is 0 Å². The van der Waals surface area contributed by atoms with E-state index >= 15 is 0 Å². The number of hydrogen-bond donors (Lipinski definition) is 3. The topological polar surface area (TPSA) is 123 Å². The number of fused-ring (bicyclic) bond motifs is 1. The lowest BCUT2D eigenvalue weighted by Crippen LogP contribution is -2.19. The highest BCUT2D eigenvalue weighted by atomic mass is 19.2. The Kier molecular flexibility index (Phi) is 6.32. The molecule has 11 heteroatoms. The molecule has 0 aliphatic rings. The van der Waals surface area contributed by atoms with Gasteiger partial charge in [0, 0.05) is 11.1 Å². The van der Waals surface area contributed by atoms with Crippen molar-refractivity contribution in [2.45, 2.75) is 19.9 Å². The molecule has 1 atom stereocenters. The summed E-state index contributed by atoms with van der Waals surface area (Å²) in [6.45, 7) is 2.92. The number of anilines is 2. The van der Waals surface area contributed by atoms with Gasteiger partial charge in [-0.1, -0.05) is 18.2 Å². The number of carbonyl (C=O) groups is 2. The average molecular weight is 480 g/mol. The molecule has 4 N–H and O–H groups in total. The Morgan fingerprint density at radius 3 is 2.51 bits per heavy atom. The number of benzene rings is 2. The predicted octanol–water partition coefficient (Wildman–Crippen LogP) is 4.27. The predicted molar refractivity (Wildman–Crippen MR) is 123 cm³/mol. The van der Waals surface area contributed by atoms with Crippen molar-refractivity contribution in [3.8, 4) is 0 Å². The maximum atomic E-state index is 14.2. The lowest BCUT2D eigenvalue weighted by Gasteiger charge is -2.17. The van der Waals surface area contributed by atoms with Crippen LogP contribution in [-0.2, 0) is 0 Å². The van der Waals surface area contributed by atoms with Gasteiger partial charge in [0.15, 0.2) is 11.6 Å². The van der Waals surface area contributed by atoms with Crippen LogP contribution in [0.4, 0.5) is 24.7 Å². The van der Waals surface area contributed by atoms with E-state index in [1.54, 1.807) is 36.4 Å². The zero-order valence-corrected chi connectivity index (χ0v) is 18.6. The van der Waals surface area contributed by atoms with Gasteiger partial charge in [0.1, 0.15) is 17.7 Å². The molecule has 0 spiro atoms. The van der Waals surface area contributed by atoms with Gasteiger partial charge in [-0.05, 0) is 43.7 Å². The lowest BCUT2D eigenvalue weighted by atomic mass is 10.1. The van der Waals surface area contributed by atoms with Crippen LogP contribution in [0.5, 0.6) is 0 Å². The van der Waals surface area contributed by atoms with Crippen molar-refractivity contribution >= 4 is 34.2 Å². The van der Waals surface area contributed by atoms with Gasteiger partial charge in [0.25, 0.3) is 11.8 Å². The van der Waals surface area contributed by atoms with Crippen LogP contribution in [0.3, 0.4) is 0 Å². The number of nitrogens with one attached hydrogen (secondary N) is 2. The standard InChI is InChI=1S/C24H19F3N6O2/c1-11(32-23-16-8-4-7-15(22(28)34)20(16)29-10-30-23)13-5-3-6-14(9-13)33-24(35)17-19(26)18(25)12(2)31-21(17)27/h3-11H,1-2H3,(H2,28,34)(H,33,35)(H,29,30,32). The van der Waals surface area contributed by atoms with Crippen molar-refractivity contribution in [2.24, 2.45) is 5.73 Å². The molecule has 2 amide bonds. The molecule has 2 heterocycles. The minimum atomic E-state index is -1.61. The van der Waals surface area contributed by atoms with Crippen LogP contribution in [-0.4, -0.2) is 26.8 Å². The fourth-order valence-electron chi connectivity index (χ4n) is 3.57. The summed E-state index contributed by atoms with van der Waals surface area (Å²) in [5, 5.41) is 6.16. The Hall–Kier alpha value is -4.54. The van der Waals surface area contributed by atoms with Gasteiger partial charge in [-0.15, -0.1) is 0 Å². The summed E-state index contributed by atoms with van der Waals surface area (Å²) in [6, 6.07) is 11.1. The van der Waals surface area contributed by atoms with Gasteiger partial charge < -0.3 is 16.4 Å². The van der Waals surface area contributed by atoms with E-state index in [1.165, 1.54) is 12.4 Å². The monoisotopic (exact) mass is 480 g/mol. The summed E-state index contributed by atoms with van der Waals surface area (Å²) < 4.78 is 42.0. The second kappa shape index (κ2) is 9.37. The van der Waals surface area contributed by atoms with Gasteiger partial charge in [-0.3, -0.25) is 9.59 Å². The highest BCUT2D eigenvalue weighted by Crippen LogP contribution is 2.27. The first-order valence-electron chi connectivity index (χ1n) is 10.4. The molecule has 4 rings (SSSR count). The number of carbonyl (C=O) groups excluding carboxylic acids is 2. The van der Waals surface area contributed by atoms with Crippen LogP contribution in [0, 0.1) is 24.5 Å². The average Bonchev–Trinajstić information content (AvgIpc) is 2.82. The number of nitrogens with two attached hydrogens (primary N) is 1. The van der Waals surface area contributed by atoms with E-state index in [0.29, 0.717) is 22.3 Å². The number of nitrogens with zero attached hydrogens (tertiary/aromatic N) is 3. The maximum absolute atomic E-state index is 14.2. The molecule has 0 aliphatic carbocycles. The quantitative estimate of drug-likeness (QED) is 0.354. The van der Waals surface area contributed by atoms with Crippen molar-refractivity contribution < 1.29 is 22.8 Å². The molecule has 0 radical (unpaired) electrons. The molecule has 178 valence electrons. The number of halogens is 3. The van der Waals surface area contributed by atoms with Gasteiger partial charge in [0.05, 0.1) is 22.8 Å². The van der Waals surface area contributed by atoms with Crippen molar-refractivity contribution in [2.75, 3.05) is 10.6 Å². The maximum Gasteiger partial charge on any atom is 0.263 e. The van der Waals surface area contributed by atoms with E-state index in [4.69, 9.17) is 5.73 Å². The van der Waals surface area contributed by atoms with Crippen LogP contribution < -0.4 is 16.4 Å². The smallest absolute Gasteiger partial charge is 0.263 e. The second-order valence-corrected chi connectivity index (χ2v) is 7.72. The highest BCUT2D eigenvalue weighted by Gasteiger charge is 2.24. The van der Waals surface area contributed by atoms with Crippen LogP contribution in [0.15, 0.2) is 48.8 Å². The number of hydrogen-bond acceptors (Lipinski definition) is 6. The number of rotatable bonds is 6. The zero-order chi connectivity index (χ0) is 25.3. The Morgan fingerprint density at radius 2 is 1.77 bits per heavy atom. The second-order valence-electron chi connectivity index (χ2n) is 7.72. The van der Waals surface area contributed by atoms with Crippen LogP contribution >= 0.6 is 0 Å². The van der Waals surface area contributed by atoms with Crippen LogP contribution in [0.1, 0.15) is 44.9 Å². The Labute approximate surface area is 197 Å². The number of aryl methyl sites for hydroxylation is 1. The third kappa shape index (κ3) is 4.60. The van der Waals surface area contributed by atoms with Crippen molar-refractivity contribution in [1.82, 2.24) is 15.0 Å². The molecule has 35 heavy (non-hydrogen) atoms. The summed E-state index contributed by atoms with van der Waals surface area (Å²) in [7, 11) is 0. The molecular weight excluding hydrogens is 461 g/mol. The first-order valence-corrected chi connectivity index (χ1v) is 10.4. The number of primary amides is 1. The van der Waals surface area contributed by atoms with E-state index in [-0.39, 0.29) is 17.3 Å². The van der Waals surface area contributed by atoms with E-state index in [0.717, 1.165) is 6.92 Å². The summed E-state index contributed by atoms with van der Waals surface area (Å²) >= 11 is 0. The largest absolute Gasteiger partial charge is 0.366 e. The minimum absolute atomic E-state index is 0.226. The summed E-state index contributed by atoms with van der Waals surface area (Å²) in [4.78, 5) is 35.8. The molecule has 2 aromatic carbocycles. The molecule has 1 unspecified atom stereocenters. The van der Waals surface area contributed by atoms with E-state index in [1.807, 2.05) is 6.92 Å². The summed E-state index contributed by atoms with van der Waals surface area (Å²) in [6.07, 6.45) is 1.30. The van der Waals surface area contributed by atoms with Crippen LogP contribution in [0.25, 0.3) is 10.9 Å². The molecular formula is C24H19F3N6O2. The Balaban J connectivity index is 1.59. The number of aromatic nitrogens is 3. The van der Waals surface area contributed by atoms with Gasteiger partial charge >= 0.3 is 0 Å². The summed E-state index contributed by atoms with van der Waals surface area (Å²) in [5.74, 6) is -5.75. The molecule has 0 saturated carbocycles. The fraction of sp³-hybridized carbons (Fsp3) is 0.125. The molecule has 0 saturated heterocycles. The third-order valence-electron chi connectivity index (χ3n) is 5.36. The highest BCUT2D eigenvalue weighted by molar-refractivity contribution is 6.07. The molecule has 0 fully saturated rings. The molecule has 0 aliphatic heterocycles. The van der Waals surface area contributed by atoms with Crippen molar-refractivity contribution in [3.05, 3.63) is 88.8 Å². The molecule has 8 nitrogen and oxygen atoms in total. The third-order valence-corrected chi connectivity index (χ3v) is 5.36. The van der Waals surface area contributed by atoms with Gasteiger partial charge in [-0.2, -0.15) is 4.39 Å². The Morgan fingerprint density at radius 1 is 1.03 bits per heavy atom. The minimum Gasteiger partial charge on any atom is -0.366 e. The SMILES string of the molecule is Cc1nc(F)c(C(=O)Nc2cccc(C(C)Nc3ncnc4c(C(N)=O)cccc34)c2)c(F)c1F. The molecule has 0 bridgehead atoms. The molecule has 4 aromatic rings. The summed E-state index contributed by atoms with van der Waals surface area (Å²) in [5.41, 5.74) is 5.40. The van der Waals surface area contributed by atoms with E-state index in [9.17, 15) is 22.8 Å². The van der Waals surface area contributed by atoms with Crippen molar-refractivity contribution in [1.29, 1.82) is 0 Å². The number of pyridine rings is 1. The van der Waals surface area contributed by atoms with Crippen LogP contribution in [0.2, 0.25) is 0 Å². The Bertz CT molecular complexity index is 1480. The van der Waals surface area contributed by atoms with Gasteiger partial charge in [-0.25, -0.2) is 23.7 Å². The number of amides is 2. The fourth-order valence-corrected chi connectivity index (χ4v) is 3.57. The van der Waals surface area contributed by atoms with E-state index in [2.05, 4.69) is 25.6 Å². The van der Waals surface area contributed by atoms with E-state index < -0.39 is 40.7 Å². The zero-order valence-electron chi connectivity index (χ0n) is 18.6. The molecule has 2 aromatic heterocycles. The number of para-hydroxylation sites is 1. The van der Waals surface area contributed by atoms with Gasteiger partial charge in [0.2, 0.25) is 5.95 Å². The first kappa shape index (κ1) is 23.6. The normalized spacial score (nSPS) is 11.8. The lowest BCUT2D eigenvalue weighted by molar-refractivity contribution is 0.0997. The first-order chi connectivity index (χ1) is 16.7.